The van der Waals surface area contributed by atoms with Crippen LogP contribution in [0.2, 0.25) is 0 Å². The highest BCUT2D eigenvalue weighted by molar-refractivity contribution is 5.35. The molecule has 1 unspecified atom stereocenters. The second-order valence-corrected chi connectivity index (χ2v) is 4.64. The third kappa shape index (κ3) is 2.28. The van der Waals surface area contributed by atoms with Gasteiger partial charge in [0.05, 0.1) is 6.10 Å². The van der Waals surface area contributed by atoms with Crippen LogP contribution in [-0.4, -0.2) is 29.5 Å². The fraction of sp³-hybridized carbons (Fsp3) is 0.538. The van der Waals surface area contributed by atoms with Crippen molar-refractivity contribution in [3.8, 4) is 5.75 Å². The molecular weight excluding hydrogens is 223 g/mol. The zero-order valence-corrected chi connectivity index (χ0v) is 9.82. The van der Waals surface area contributed by atoms with Crippen molar-refractivity contribution in [2.75, 3.05) is 13.2 Å². The van der Waals surface area contributed by atoms with Crippen LogP contribution in [-0.2, 0) is 10.2 Å². The summed E-state index contributed by atoms with van der Waals surface area (Å²) in [6.45, 7) is 2.79. The number of rotatable bonds is 2. The maximum atomic E-state index is 13.3. The second kappa shape index (κ2) is 4.63. The van der Waals surface area contributed by atoms with Crippen molar-refractivity contribution >= 4 is 0 Å². The molecule has 3 nitrogen and oxygen atoms in total. The fourth-order valence-electron chi connectivity index (χ4n) is 2.54. The average molecular weight is 240 g/mol. The first-order chi connectivity index (χ1) is 8.04. The van der Waals surface area contributed by atoms with E-state index in [0.29, 0.717) is 31.6 Å². The fourth-order valence-corrected chi connectivity index (χ4v) is 2.54. The minimum Gasteiger partial charge on any atom is -0.508 e. The molecule has 0 amide bonds. The maximum absolute atomic E-state index is 13.3. The minimum absolute atomic E-state index is 0.105. The standard InChI is InChI=1S/C13H17FO3/c1-9(15)13(2-4-17-5-3-13)10-6-11(14)8-12(16)7-10/h6-9,15-16H,2-5H2,1H3. The van der Waals surface area contributed by atoms with Crippen LogP contribution >= 0.6 is 0 Å². The highest BCUT2D eigenvalue weighted by atomic mass is 19.1. The normalized spacial score (nSPS) is 21.1. The lowest BCUT2D eigenvalue weighted by Gasteiger charge is -2.40. The molecule has 2 rings (SSSR count). The van der Waals surface area contributed by atoms with E-state index in [1.54, 1.807) is 6.92 Å². The number of phenols is 1. The third-order valence-electron chi connectivity index (χ3n) is 3.64. The minimum atomic E-state index is -0.604. The van der Waals surface area contributed by atoms with Gasteiger partial charge in [-0.25, -0.2) is 4.39 Å². The van der Waals surface area contributed by atoms with E-state index in [2.05, 4.69) is 0 Å². The Labute approximate surface area is 99.8 Å². The molecule has 1 aromatic rings. The summed E-state index contributed by atoms with van der Waals surface area (Å²) in [6, 6.07) is 3.98. The maximum Gasteiger partial charge on any atom is 0.127 e. The molecule has 4 heteroatoms. The molecular formula is C13H17FO3. The van der Waals surface area contributed by atoms with Crippen molar-refractivity contribution in [1.29, 1.82) is 0 Å². The first-order valence-corrected chi connectivity index (χ1v) is 5.80. The second-order valence-electron chi connectivity index (χ2n) is 4.64. The molecule has 0 spiro atoms. The van der Waals surface area contributed by atoms with Gasteiger partial charge in [-0.15, -0.1) is 0 Å². The van der Waals surface area contributed by atoms with Crippen LogP contribution in [0, 0.1) is 5.82 Å². The van der Waals surface area contributed by atoms with Gasteiger partial charge >= 0.3 is 0 Å². The molecule has 0 bridgehead atoms. The molecule has 1 atom stereocenters. The van der Waals surface area contributed by atoms with Gasteiger partial charge in [0.15, 0.2) is 0 Å². The predicted molar refractivity (Wildman–Crippen MR) is 61.5 cm³/mol. The van der Waals surface area contributed by atoms with E-state index in [1.165, 1.54) is 12.1 Å². The van der Waals surface area contributed by atoms with E-state index in [4.69, 9.17) is 4.74 Å². The zero-order chi connectivity index (χ0) is 12.5. The number of halogens is 1. The molecule has 1 aliphatic rings. The molecule has 1 aliphatic heterocycles. The number of hydrogen-bond acceptors (Lipinski definition) is 3. The van der Waals surface area contributed by atoms with Crippen LogP contribution in [0.5, 0.6) is 5.75 Å². The number of hydrogen-bond donors (Lipinski definition) is 2. The summed E-state index contributed by atoms with van der Waals surface area (Å²) in [5.41, 5.74) is 0.131. The van der Waals surface area contributed by atoms with E-state index in [9.17, 15) is 14.6 Å². The molecule has 0 aliphatic carbocycles. The van der Waals surface area contributed by atoms with Crippen molar-refractivity contribution < 1.29 is 19.3 Å². The number of phenolic OH excluding ortho intramolecular Hbond substituents is 1. The van der Waals surface area contributed by atoms with E-state index >= 15 is 0 Å². The topological polar surface area (TPSA) is 49.7 Å². The lowest BCUT2D eigenvalue weighted by Crippen LogP contribution is -2.42. The summed E-state index contributed by atoms with van der Waals surface area (Å²) < 4.78 is 18.6. The molecule has 1 saturated heterocycles. The van der Waals surface area contributed by atoms with Crippen molar-refractivity contribution in [1.82, 2.24) is 0 Å². The van der Waals surface area contributed by atoms with Gasteiger partial charge in [0.1, 0.15) is 11.6 Å². The number of aliphatic hydroxyl groups is 1. The van der Waals surface area contributed by atoms with Crippen LogP contribution < -0.4 is 0 Å². The van der Waals surface area contributed by atoms with Crippen LogP contribution in [0.1, 0.15) is 25.3 Å². The number of benzene rings is 1. The van der Waals surface area contributed by atoms with Crippen molar-refractivity contribution in [2.24, 2.45) is 0 Å². The van der Waals surface area contributed by atoms with Gasteiger partial charge < -0.3 is 14.9 Å². The molecule has 2 N–H and O–H groups in total. The van der Waals surface area contributed by atoms with E-state index < -0.39 is 17.3 Å². The Morgan fingerprint density at radius 3 is 2.47 bits per heavy atom. The van der Waals surface area contributed by atoms with Crippen molar-refractivity contribution in [2.45, 2.75) is 31.3 Å². The Bertz CT molecular complexity index is 377. The summed E-state index contributed by atoms with van der Waals surface area (Å²) >= 11 is 0. The third-order valence-corrected chi connectivity index (χ3v) is 3.64. The first kappa shape index (κ1) is 12.3. The molecule has 1 aromatic carbocycles. The summed E-state index contributed by atoms with van der Waals surface area (Å²) in [5, 5.41) is 19.5. The number of aliphatic hydroxyl groups excluding tert-OH is 1. The molecule has 0 saturated carbocycles. The quantitative estimate of drug-likeness (QED) is 0.830. The molecule has 1 fully saturated rings. The van der Waals surface area contributed by atoms with Crippen LogP contribution in [0.3, 0.4) is 0 Å². The Kier molecular flexibility index (Phi) is 3.35. The van der Waals surface area contributed by atoms with Crippen molar-refractivity contribution in [3.05, 3.63) is 29.6 Å². The van der Waals surface area contributed by atoms with E-state index in [-0.39, 0.29) is 5.75 Å². The lowest BCUT2D eigenvalue weighted by atomic mass is 9.70. The van der Waals surface area contributed by atoms with E-state index in [0.717, 1.165) is 6.07 Å². The van der Waals surface area contributed by atoms with Gasteiger partial charge in [-0.2, -0.15) is 0 Å². The Balaban J connectivity index is 2.44. The average Bonchev–Trinajstić information content (AvgIpc) is 2.28. The molecule has 17 heavy (non-hydrogen) atoms. The number of ether oxygens (including phenoxy) is 1. The molecule has 94 valence electrons. The smallest absolute Gasteiger partial charge is 0.127 e. The van der Waals surface area contributed by atoms with Crippen LogP contribution in [0.4, 0.5) is 4.39 Å². The summed E-state index contributed by atoms with van der Waals surface area (Å²) in [6.07, 6.45) is 0.661. The van der Waals surface area contributed by atoms with Gasteiger partial charge in [0.2, 0.25) is 0 Å². The monoisotopic (exact) mass is 240 g/mol. The predicted octanol–water partition coefficient (Wildman–Crippen LogP) is 1.96. The van der Waals surface area contributed by atoms with Crippen LogP contribution in [0.25, 0.3) is 0 Å². The Morgan fingerprint density at radius 2 is 1.94 bits per heavy atom. The van der Waals surface area contributed by atoms with E-state index in [1.807, 2.05) is 0 Å². The zero-order valence-electron chi connectivity index (χ0n) is 9.82. The largest absolute Gasteiger partial charge is 0.508 e. The summed E-state index contributed by atoms with van der Waals surface area (Å²) in [5.74, 6) is -0.585. The SMILES string of the molecule is CC(O)C1(c2cc(O)cc(F)c2)CCOCC1. The summed E-state index contributed by atoms with van der Waals surface area (Å²) in [7, 11) is 0. The highest BCUT2D eigenvalue weighted by Crippen LogP contribution is 2.39. The first-order valence-electron chi connectivity index (χ1n) is 5.80. The van der Waals surface area contributed by atoms with Crippen LogP contribution in [0.15, 0.2) is 18.2 Å². The molecule has 1 heterocycles. The van der Waals surface area contributed by atoms with Gasteiger partial charge in [0, 0.05) is 24.7 Å². The lowest BCUT2D eigenvalue weighted by molar-refractivity contribution is -0.00856. The van der Waals surface area contributed by atoms with Gasteiger partial charge in [-0.05, 0) is 37.5 Å². The number of aromatic hydroxyl groups is 1. The van der Waals surface area contributed by atoms with Crippen molar-refractivity contribution in [3.63, 3.8) is 0 Å². The Hall–Kier alpha value is -1.13. The molecule has 0 radical (unpaired) electrons. The van der Waals surface area contributed by atoms with Gasteiger partial charge in [-0.3, -0.25) is 0 Å². The Morgan fingerprint density at radius 1 is 1.29 bits per heavy atom. The summed E-state index contributed by atoms with van der Waals surface area (Å²) in [4.78, 5) is 0. The van der Waals surface area contributed by atoms with Gasteiger partial charge in [-0.1, -0.05) is 0 Å². The molecule has 0 aromatic heterocycles. The van der Waals surface area contributed by atoms with Gasteiger partial charge in [0.25, 0.3) is 0 Å². The highest BCUT2D eigenvalue weighted by Gasteiger charge is 2.39.